The maximum atomic E-state index is 10.0. The summed E-state index contributed by atoms with van der Waals surface area (Å²) in [6.07, 6.45) is 3.47. The topological polar surface area (TPSA) is 50.7 Å². The molecule has 1 aromatic rings. The molecule has 0 spiro atoms. The molecule has 0 bridgehead atoms. The van der Waals surface area contributed by atoms with Gasteiger partial charge >= 0.3 is 0 Å². The number of nitrogens with one attached hydrogen (secondary N) is 1. The van der Waals surface area contributed by atoms with Crippen LogP contribution in [0.25, 0.3) is 0 Å². The molecule has 4 heteroatoms. The Morgan fingerprint density at radius 1 is 1.25 bits per heavy atom. The molecule has 2 fully saturated rings. The molecule has 2 N–H and O–H groups in total. The number of aliphatic hydroxyl groups excluding tert-OH is 1. The van der Waals surface area contributed by atoms with Crippen molar-refractivity contribution in [2.75, 3.05) is 26.4 Å². The Balaban J connectivity index is 1.73. The predicted molar refractivity (Wildman–Crippen MR) is 76.5 cm³/mol. The van der Waals surface area contributed by atoms with Crippen LogP contribution < -0.4 is 5.32 Å². The van der Waals surface area contributed by atoms with Crippen LogP contribution in [0.15, 0.2) is 30.3 Å². The average molecular weight is 277 g/mol. The zero-order valence-electron chi connectivity index (χ0n) is 11.8. The molecule has 1 aliphatic heterocycles. The van der Waals surface area contributed by atoms with Crippen molar-refractivity contribution in [2.45, 2.75) is 36.9 Å². The van der Waals surface area contributed by atoms with Crippen molar-refractivity contribution in [1.29, 1.82) is 0 Å². The molecule has 3 rings (SSSR count). The molecule has 1 aliphatic carbocycles. The van der Waals surface area contributed by atoms with Crippen LogP contribution in [0.5, 0.6) is 0 Å². The van der Waals surface area contributed by atoms with Crippen LogP contribution in [0, 0.1) is 0 Å². The number of benzene rings is 1. The Kier molecular flexibility index (Phi) is 4.36. The van der Waals surface area contributed by atoms with Crippen LogP contribution in [0.3, 0.4) is 0 Å². The van der Waals surface area contributed by atoms with Crippen molar-refractivity contribution in [3.8, 4) is 0 Å². The van der Waals surface area contributed by atoms with E-state index < -0.39 is 5.54 Å². The minimum atomic E-state index is -0.495. The Bertz CT molecular complexity index is 415. The van der Waals surface area contributed by atoms with Crippen LogP contribution in [-0.4, -0.2) is 43.7 Å². The normalized spacial score (nSPS) is 25.6. The fourth-order valence-corrected chi connectivity index (χ4v) is 2.67. The molecule has 4 nitrogen and oxygen atoms in total. The van der Waals surface area contributed by atoms with Gasteiger partial charge in [-0.05, 0) is 24.8 Å². The summed E-state index contributed by atoms with van der Waals surface area (Å²) in [6, 6.07) is 10.6. The Labute approximate surface area is 120 Å². The highest BCUT2D eigenvalue weighted by Gasteiger charge is 2.38. The Hall–Kier alpha value is -0.940. The number of hydrogen-bond acceptors (Lipinski definition) is 4. The molecule has 2 unspecified atom stereocenters. The monoisotopic (exact) mass is 277 g/mol. The largest absolute Gasteiger partial charge is 0.394 e. The van der Waals surface area contributed by atoms with Crippen LogP contribution in [0.2, 0.25) is 0 Å². The standard InChI is InChI=1S/C16H23NO3/c18-11-16(17-14-6-7-14,13-4-2-1-3-5-13)12-20-15-8-9-19-10-15/h1-5,14-15,17-18H,6-12H2. The van der Waals surface area contributed by atoms with E-state index in [9.17, 15) is 5.11 Å². The lowest BCUT2D eigenvalue weighted by atomic mass is 9.91. The van der Waals surface area contributed by atoms with Gasteiger partial charge in [-0.1, -0.05) is 30.3 Å². The number of aliphatic hydroxyl groups is 1. The van der Waals surface area contributed by atoms with Gasteiger partial charge in [0.25, 0.3) is 0 Å². The van der Waals surface area contributed by atoms with E-state index in [1.165, 1.54) is 12.8 Å². The first kappa shape index (κ1) is 14.0. The zero-order valence-corrected chi connectivity index (χ0v) is 11.8. The summed E-state index contributed by atoms with van der Waals surface area (Å²) in [5.74, 6) is 0. The second-order valence-corrected chi connectivity index (χ2v) is 5.82. The highest BCUT2D eigenvalue weighted by atomic mass is 16.5. The summed E-state index contributed by atoms with van der Waals surface area (Å²) in [5.41, 5.74) is 0.596. The predicted octanol–water partition coefficient (Wildman–Crippen LogP) is 1.43. The number of hydrogen-bond donors (Lipinski definition) is 2. The van der Waals surface area contributed by atoms with Crippen molar-refractivity contribution in [3.63, 3.8) is 0 Å². The highest BCUT2D eigenvalue weighted by Crippen LogP contribution is 2.29. The molecule has 2 aliphatic rings. The molecule has 2 atom stereocenters. The van der Waals surface area contributed by atoms with Gasteiger partial charge in [0.15, 0.2) is 0 Å². The summed E-state index contributed by atoms with van der Waals surface area (Å²) in [5, 5.41) is 13.6. The number of ether oxygens (including phenoxy) is 2. The lowest BCUT2D eigenvalue weighted by molar-refractivity contribution is -0.0157. The zero-order chi connectivity index (χ0) is 13.8. The first-order valence-corrected chi connectivity index (χ1v) is 7.46. The molecule has 1 saturated heterocycles. The van der Waals surface area contributed by atoms with Gasteiger partial charge in [-0.15, -0.1) is 0 Å². The number of rotatable bonds is 7. The molecule has 110 valence electrons. The maximum Gasteiger partial charge on any atom is 0.0908 e. The maximum absolute atomic E-state index is 10.0. The van der Waals surface area contributed by atoms with Crippen LogP contribution in [-0.2, 0) is 15.0 Å². The molecule has 0 amide bonds. The Morgan fingerprint density at radius 2 is 2.05 bits per heavy atom. The summed E-state index contributed by atoms with van der Waals surface area (Å²) in [4.78, 5) is 0. The fourth-order valence-electron chi connectivity index (χ4n) is 2.67. The summed E-state index contributed by atoms with van der Waals surface area (Å²) in [6.45, 7) is 1.97. The summed E-state index contributed by atoms with van der Waals surface area (Å²) < 4.78 is 11.3. The average Bonchev–Trinajstić information content (AvgIpc) is 3.16. The second-order valence-electron chi connectivity index (χ2n) is 5.82. The van der Waals surface area contributed by atoms with Gasteiger partial charge in [0.05, 0.1) is 31.5 Å². The molecule has 1 saturated carbocycles. The lowest BCUT2D eigenvalue weighted by Gasteiger charge is -2.34. The first-order valence-electron chi connectivity index (χ1n) is 7.46. The van der Waals surface area contributed by atoms with E-state index in [2.05, 4.69) is 17.4 Å². The van der Waals surface area contributed by atoms with Gasteiger partial charge in [-0.3, -0.25) is 0 Å². The van der Waals surface area contributed by atoms with Crippen molar-refractivity contribution in [3.05, 3.63) is 35.9 Å². The molecule has 20 heavy (non-hydrogen) atoms. The summed E-state index contributed by atoms with van der Waals surface area (Å²) in [7, 11) is 0. The molecule has 0 radical (unpaired) electrons. The van der Waals surface area contributed by atoms with Gasteiger partial charge < -0.3 is 19.9 Å². The highest BCUT2D eigenvalue weighted by molar-refractivity contribution is 5.25. The van der Waals surface area contributed by atoms with Crippen molar-refractivity contribution >= 4 is 0 Å². The second kappa shape index (κ2) is 6.22. The third kappa shape index (κ3) is 3.20. The van der Waals surface area contributed by atoms with Crippen LogP contribution in [0.1, 0.15) is 24.8 Å². The van der Waals surface area contributed by atoms with Gasteiger partial charge in [0.2, 0.25) is 0 Å². The van der Waals surface area contributed by atoms with E-state index in [1.54, 1.807) is 0 Å². The quantitative estimate of drug-likeness (QED) is 0.791. The molecule has 1 aromatic carbocycles. The minimum Gasteiger partial charge on any atom is -0.394 e. The van der Waals surface area contributed by atoms with E-state index >= 15 is 0 Å². The van der Waals surface area contributed by atoms with Crippen molar-refractivity contribution in [1.82, 2.24) is 5.32 Å². The van der Waals surface area contributed by atoms with Crippen molar-refractivity contribution < 1.29 is 14.6 Å². The van der Waals surface area contributed by atoms with Gasteiger partial charge in [0, 0.05) is 12.6 Å². The third-order valence-electron chi connectivity index (χ3n) is 4.11. The first-order chi connectivity index (χ1) is 9.82. The third-order valence-corrected chi connectivity index (χ3v) is 4.11. The van der Waals surface area contributed by atoms with Gasteiger partial charge in [-0.25, -0.2) is 0 Å². The van der Waals surface area contributed by atoms with E-state index in [1.807, 2.05) is 18.2 Å². The molecular formula is C16H23NO3. The molecule has 1 heterocycles. The van der Waals surface area contributed by atoms with Crippen LogP contribution >= 0.6 is 0 Å². The lowest BCUT2D eigenvalue weighted by Crippen LogP contribution is -2.51. The van der Waals surface area contributed by atoms with Gasteiger partial charge in [-0.2, -0.15) is 0 Å². The minimum absolute atomic E-state index is 0.0427. The van der Waals surface area contributed by atoms with E-state index in [0.717, 1.165) is 18.6 Å². The smallest absolute Gasteiger partial charge is 0.0908 e. The summed E-state index contributed by atoms with van der Waals surface area (Å²) >= 11 is 0. The Morgan fingerprint density at radius 3 is 2.65 bits per heavy atom. The van der Waals surface area contributed by atoms with Gasteiger partial charge in [0.1, 0.15) is 0 Å². The van der Waals surface area contributed by atoms with Crippen molar-refractivity contribution in [2.24, 2.45) is 0 Å². The van der Waals surface area contributed by atoms with E-state index in [4.69, 9.17) is 9.47 Å². The molecular weight excluding hydrogens is 254 g/mol. The molecule has 0 aromatic heterocycles. The fraction of sp³-hybridized carbons (Fsp3) is 0.625. The van der Waals surface area contributed by atoms with E-state index in [-0.39, 0.29) is 12.7 Å². The van der Waals surface area contributed by atoms with Crippen LogP contribution in [0.4, 0.5) is 0 Å². The SMILES string of the molecule is OCC(COC1CCOC1)(NC1CC1)c1ccccc1. The van der Waals surface area contributed by atoms with E-state index in [0.29, 0.717) is 19.3 Å².